The fourth-order valence-electron chi connectivity index (χ4n) is 4.72. The van der Waals surface area contributed by atoms with E-state index in [1.165, 1.54) is 23.4 Å². The smallest absolute Gasteiger partial charge is 0.133 e. The first-order valence-corrected chi connectivity index (χ1v) is 14.0. The molecular weight excluding hydrogens is 444 g/mol. The fourth-order valence-corrected chi connectivity index (χ4v) is 5.75. The summed E-state index contributed by atoms with van der Waals surface area (Å²) in [5.74, 6) is 4.45. The molecule has 3 aliphatic heterocycles. The summed E-state index contributed by atoms with van der Waals surface area (Å²) in [6, 6.07) is 8.90. The van der Waals surface area contributed by atoms with Crippen molar-refractivity contribution in [3.05, 3.63) is 41.2 Å². The summed E-state index contributed by atoms with van der Waals surface area (Å²) < 4.78 is 5.47. The van der Waals surface area contributed by atoms with Crippen molar-refractivity contribution in [2.75, 3.05) is 96.1 Å². The number of nitrogens with zero attached hydrogens (tertiary/aromatic N) is 4. The Bertz CT molecular complexity index is 805. The molecule has 0 amide bonds. The number of thioether (sulfide) groups is 1. The second-order valence-electron chi connectivity index (χ2n) is 9.40. The lowest BCUT2D eigenvalue weighted by molar-refractivity contribution is 0.0375. The van der Waals surface area contributed by atoms with Crippen molar-refractivity contribution in [2.24, 2.45) is 4.99 Å². The molecule has 0 aliphatic carbocycles. The van der Waals surface area contributed by atoms with Gasteiger partial charge in [0.15, 0.2) is 0 Å². The van der Waals surface area contributed by atoms with Crippen LogP contribution in [0.25, 0.3) is 0 Å². The van der Waals surface area contributed by atoms with Gasteiger partial charge in [-0.3, -0.25) is 9.89 Å². The number of anilines is 1. The molecule has 0 radical (unpaired) electrons. The number of morpholine rings is 1. The van der Waals surface area contributed by atoms with Crippen LogP contribution < -0.4 is 15.5 Å². The predicted octanol–water partition coefficient (Wildman–Crippen LogP) is 2.45. The molecule has 0 spiro atoms. The van der Waals surface area contributed by atoms with Gasteiger partial charge < -0.3 is 25.2 Å². The minimum absolute atomic E-state index is 0.866. The van der Waals surface area contributed by atoms with Gasteiger partial charge in [-0.25, -0.2) is 0 Å². The largest absolute Gasteiger partial charge is 0.379 e. The van der Waals surface area contributed by atoms with E-state index in [1.54, 1.807) is 0 Å². The van der Waals surface area contributed by atoms with Crippen molar-refractivity contribution in [1.82, 2.24) is 20.4 Å². The summed E-state index contributed by atoms with van der Waals surface area (Å²) in [5.41, 5.74) is 3.92. The average Bonchev–Trinajstić information content (AvgIpc) is 2.90. The molecule has 34 heavy (non-hydrogen) atoms. The minimum atomic E-state index is 0.866. The van der Waals surface area contributed by atoms with Gasteiger partial charge in [0.1, 0.15) is 11.7 Å². The van der Waals surface area contributed by atoms with Crippen LogP contribution in [-0.2, 0) is 4.74 Å². The van der Waals surface area contributed by atoms with E-state index in [-0.39, 0.29) is 0 Å². The van der Waals surface area contributed by atoms with E-state index in [1.807, 2.05) is 18.8 Å². The van der Waals surface area contributed by atoms with Crippen LogP contribution >= 0.6 is 11.8 Å². The third kappa shape index (κ3) is 7.38. The van der Waals surface area contributed by atoms with Crippen LogP contribution in [0.3, 0.4) is 0 Å². The van der Waals surface area contributed by atoms with Gasteiger partial charge in [-0.1, -0.05) is 0 Å². The number of likely N-dealkylation sites (N-methyl/N-ethyl adjacent to an activating group) is 1. The number of hydrogen-bond acceptors (Lipinski definition) is 7. The van der Waals surface area contributed by atoms with Crippen molar-refractivity contribution in [3.8, 4) is 0 Å². The summed E-state index contributed by atoms with van der Waals surface area (Å²) in [5, 5.41) is 7.42. The molecule has 4 rings (SSSR count). The number of ether oxygens (including phenoxy) is 1. The molecule has 0 unspecified atom stereocenters. The van der Waals surface area contributed by atoms with Crippen molar-refractivity contribution in [1.29, 1.82) is 0 Å². The van der Waals surface area contributed by atoms with E-state index in [2.05, 4.69) is 61.6 Å². The second-order valence-corrected chi connectivity index (χ2v) is 10.5. The Kier molecular flexibility index (Phi) is 9.98. The molecule has 8 heteroatoms. The number of amidine groups is 1. The van der Waals surface area contributed by atoms with Gasteiger partial charge in [-0.15, -0.1) is 0 Å². The van der Waals surface area contributed by atoms with Gasteiger partial charge in [0.25, 0.3) is 0 Å². The summed E-state index contributed by atoms with van der Waals surface area (Å²) in [6.07, 6.45) is 3.54. The van der Waals surface area contributed by atoms with Gasteiger partial charge >= 0.3 is 0 Å². The molecule has 0 aromatic heterocycles. The molecule has 0 bridgehead atoms. The van der Waals surface area contributed by atoms with E-state index in [0.717, 1.165) is 101 Å². The molecular formula is C26H42N6OS. The number of aliphatic imine (C=N–C) groups is 1. The monoisotopic (exact) mass is 486 g/mol. The second kappa shape index (κ2) is 13.4. The zero-order valence-electron chi connectivity index (χ0n) is 21.0. The minimum Gasteiger partial charge on any atom is -0.379 e. The van der Waals surface area contributed by atoms with Crippen molar-refractivity contribution in [3.63, 3.8) is 0 Å². The molecule has 0 atom stereocenters. The van der Waals surface area contributed by atoms with E-state index >= 15 is 0 Å². The van der Waals surface area contributed by atoms with E-state index in [0.29, 0.717) is 0 Å². The third-order valence-corrected chi connectivity index (χ3v) is 8.06. The molecule has 1 aromatic rings. The van der Waals surface area contributed by atoms with Gasteiger partial charge in [-0.05, 0) is 68.4 Å². The summed E-state index contributed by atoms with van der Waals surface area (Å²) in [7, 11) is 4.08. The Morgan fingerprint density at radius 2 is 1.82 bits per heavy atom. The summed E-state index contributed by atoms with van der Waals surface area (Å²) >= 11 is 2.03. The Labute approximate surface area is 210 Å². The van der Waals surface area contributed by atoms with E-state index < -0.39 is 0 Å². The summed E-state index contributed by atoms with van der Waals surface area (Å²) in [4.78, 5) is 12.0. The molecule has 3 heterocycles. The van der Waals surface area contributed by atoms with Gasteiger partial charge in [-0.2, -0.15) is 11.8 Å². The Balaban J connectivity index is 1.36. The average molecular weight is 487 g/mol. The number of nitrogens with one attached hydrogen (secondary N) is 2. The highest BCUT2D eigenvalue weighted by Crippen LogP contribution is 2.24. The Hall–Kier alpha value is -1.74. The van der Waals surface area contributed by atoms with Crippen LogP contribution in [0.1, 0.15) is 24.8 Å². The maximum Gasteiger partial charge on any atom is 0.133 e. The number of rotatable bonds is 8. The van der Waals surface area contributed by atoms with Crippen molar-refractivity contribution in [2.45, 2.75) is 19.3 Å². The quantitative estimate of drug-likeness (QED) is 0.333. The van der Waals surface area contributed by atoms with Gasteiger partial charge in [0.2, 0.25) is 0 Å². The van der Waals surface area contributed by atoms with Crippen LogP contribution in [-0.4, -0.2) is 107 Å². The molecule has 2 N–H and O–H groups in total. The topological polar surface area (TPSA) is 55.4 Å². The van der Waals surface area contributed by atoms with Crippen LogP contribution in [0.5, 0.6) is 0 Å². The maximum atomic E-state index is 5.47. The highest BCUT2D eigenvalue weighted by molar-refractivity contribution is 7.99. The molecule has 3 fully saturated rings. The molecule has 188 valence electrons. The first-order valence-electron chi connectivity index (χ1n) is 12.8. The van der Waals surface area contributed by atoms with Gasteiger partial charge in [0.05, 0.1) is 13.2 Å². The highest BCUT2D eigenvalue weighted by Gasteiger charge is 2.17. The number of piperazine rings is 1. The highest BCUT2D eigenvalue weighted by atomic mass is 32.2. The lowest BCUT2D eigenvalue weighted by Crippen LogP contribution is -2.44. The maximum absolute atomic E-state index is 5.47. The molecule has 7 nitrogen and oxygen atoms in total. The van der Waals surface area contributed by atoms with Crippen LogP contribution in [0.15, 0.2) is 40.7 Å². The predicted molar refractivity (Wildman–Crippen MR) is 145 cm³/mol. The zero-order valence-corrected chi connectivity index (χ0v) is 21.8. The fraction of sp³-hybridized carbons (Fsp3) is 0.654. The Morgan fingerprint density at radius 1 is 1.06 bits per heavy atom. The lowest BCUT2D eigenvalue weighted by atomic mass is 10.1. The van der Waals surface area contributed by atoms with Crippen LogP contribution in [0.2, 0.25) is 0 Å². The normalized spacial score (nSPS) is 22.5. The zero-order chi connectivity index (χ0) is 23.6. The first-order chi connectivity index (χ1) is 16.7. The molecule has 3 saturated heterocycles. The van der Waals surface area contributed by atoms with Crippen LogP contribution in [0, 0.1) is 0 Å². The number of benzene rings is 1. The van der Waals surface area contributed by atoms with Gasteiger partial charge in [0, 0.05) is 69.9 Å². The molecule has 0 saturated carbocycles. The van der Waals surface area contributed by atoms with Crippen molar-refractivity contribution >= 4 is 23.3 Å². The standard InChI is InChI=1S/C26H42N6OS/c1-27-25(22-6-8-24(9-7-22)32-14-12-30(2)13-15-32)29-26(23-5-3-20-34-21-23)28-10-4-11-31-16-18-33-19-17-31/h6-9,28H,3-5,10-21H2,1-2H3,(H,27,29)/b26-23+. The molecule has 3 aliphatic rings. The molecule has 1 aromatic carbocycles. The third-order valence-electron chi connectivity index (χ3n) is 6.93. The van der Waals surface area contributed by atoms with E-state index in [9.17, 15) is 0 Å². The first kappa shape index (κ1) is 25.4. The number of hydrogen-bond donors (Lipinski definition) is 2. The van der Waals surface area contributed by atoms with Crippen LogP contribution in [0.4, 0.5) is 5.69 Å². The SMILES string of the molecule is CN=C(N/C(NCCCN1CCOCC1)=C1\CCCSC1)c1ccc(N2CCN(C)CC2)cc1. The Morgan fingerprint density at radius 3 is 2.50 bits per heavy atom. The van der Waals surface area contributed by atoms with Crippen molar-refractivity contribution < 1.29 is 4.74 Å². The summed E-state index contributed by atoms with van der Waals surface area (Å²) in [6.45, 7) is 10.4. The lowest BCUT2D eigenvalue weighted by Gasteiger charge is -2.34. The van der Waals surface area contributed by atoms with E-state index in [4.69, 9.17) is 4.74 Å².